The minimum absolute atomic E-state index is 0.0640. The first-order valence-corrected chi connectivity index (χ1v) is 11.0. The normalized spacial score (nSPS) is 14.8. The van der Waals surface area contributed by atoms with Gasteiger partial charge in [0.05, 0.1) is 42.3 Å². The lowest BCUT2D eigenvalue weighted by atomic mass is 9.83. The minimum atomic E-state index is -0.813. The van der Waals surface area contributed by atoms with Gasteiger partial charge in [-0.3, -0.25) is 4.79 Å². The van der Waals surface area contributed by atoms with Crippen molar-refractivity contribution in [1.82, 2.24) is 4.57 Å². The van der Waals surface area contributed by atoms with E-state index in [9.17, 15) is 10.1 Å². The van der Waals surface area contributed by atoms with E-state index in [1.807, 2.05) is 0 Å². The van der Waals surface area contributed by atoms with Crippen molar-refractivity contribution >= 4 is 23.2 Å². The number of halogens is 2. The molecule has 1 unspecified atom stereocenters. The zero-order valence-electron chi connectivity index (χ0n) is 18.7. The number of methoxy groups -OCH3 is 2. The fourth-order valence-corrected chi connectivity index (χ4v) is 4.40. The molecule has 4 rings (SSSR count). The Labute approximate surface area is 206 Å². The second kappa shape index (κ2) is 9.34. The van der Waals surface area contributed by atoms with E-state index < -0.39 is 5.92 Å². The van der Waals surface area contributed by atoms with Gasteiger partial charge in [-0.2, -0.15) is 5.26 Å². The van der Waals surface area contributed by atoms with Gasteiger partial charge in [0.15, 0.2) is 0 Å². The predicted octanol–water partition coefficient (Wildman–Crippen LogP) is 4.75. The summed E-state index contributed by atoms with van der Waals surface area (Å²) in [5.41, 5.74) is 8.19. The number of nitrogens with two attached hydrogens (primary N) is 1. The molecule has 0 aliphatic carbocycles. The molecule has 2 N–H and O–H groups in total. The molecular weight excluding hydrogens is 477 g/mol. The maximum atomic E-state index is 13.9. The number of aromatic nitrogens is 1. The third-order valence-electron chi connectivity index (χ3n) is 5.76. The summed E-state index contributed by atoms with van der Waals surface area (Å²) < 4.78 is 18.3. The van der Waals surface area contributed by atoms with E-state index in [0.29, 0.717) is 38.6 Å². The van der Waals surface area contributed by atoms with Crippen molar-refractivity contribution < 1.29 is 14.2 Å². The van der Waals surface area contributed by atoms with Crippen molar-refractivity contribution in [1.29, 1.82) is 5.26 Å². The lowest BCUT2D eigenvalue weighted by Crippen LogP contribution is -2.33. The summed E-state index contributed by atoms with van der Waals surface area (Å²) in [4.78, 5) is 13.9. The van der Waals surface area contributed by atoms with Crippen LogP contribution in [0, 0.1) is 18.3 Å². The zero-order chi connectivity index (χ0) is 24.6. The van der Waals surface area contributed by atoms with Crippen molar-refractivity contribution in [2.75, 3.05) is 14.2 Å². The second-order valence-electron chi connectivity index (χ2n) is 7.74. The van der Waals surface area contributed by atoms with Crippen LogP contribution in [0.15, 0.2) is 58.7 Å². The van der Waals surface area contributed by atoms with E-state index in [-0.39, 0.29) is 29.1 Å². The topological polar surface area (TPSA) is 99.5 Å². The third-order valence-corrected chi connectivity index (χ3v) is 6.50. The van der Waals surface area contributed by atoms with Crippen LogP contribution >= 0.6 is 23.2 Å². The molecule has 0 amide bonds. The van der Waals surface area contributed by atoms with Crippen LogP contribution < -0.4 is 25.5 Å². The Bertz CT molecular complexity index is 1420. The number of hydrogen-bond acceptors (Lipinski definition) is 6. The van der Waals surface area contributed by atoms with Gasteiger partial charge in [-0.25, -0.2) is 0 Å². The molecule has 0 fully saturated rings. The zero-order valence-corrected chi connectivity index (χ0v) is 20.2. The number of fused-ring (bicyclic) bond motifs is 1. The van der Waals surface area contributed by atoms with Gasteiger partial charge in [0.25, 0.3) is 5.56 Å². The molecule has 0 radical (unpaired) electrons. The van der Waals surface area contributed by atoms with Crippen LogP contribution in [0.5, 0.6) is 17.2 Å². The van der Waals surface area contributed by atoms with Crippen molar-refractivity contribution in [3.05, 3.63) is 96.7 Å². The Kier molecular flexibility index (Phi) is 6.47. The van der Waals surface area contributed by atoms with Gasteiger partial charge >= 0.3 is 0 Å². The Hall–Kier alpha value is -3.60. The maximum Gasteiger partial charge on any atom is 0.259 e. The average Bonchev–Trinajstić information content (AvgIpc) is 2.82. The van der Waals surface area contributed by atoms with Gasteiger partial charge in [0, 0.05) is 17.3 Å². The van der Waals surface area contributed by atoms with Crippen molar-refractivity contribution in [2.24, 2.45) is 5.73 Å². The van der Waals surface area contributed by atoms with E-state index >= 15 is 0 Å². The number of ether oxygens (including phenoxy) is 3. The van der Waals surface area contributed by atoms with Crippen LogP contribution in [0.25, 0.3) is 0 Å². The average molecular weight is 498 g/mol. The Morgan fingerprint density at radius 2 is 1.88 bits per heavy atom. The van der Waals surface area contributed by atoms with E-state index in [0.717, 1.165) is 5.56 Å². The molecule has 1 atom stereocenters. The number of pyridine rings is 1. The first-order valence-electron chi connectivity index (χ1n) is 10.3. The summed E-state index contributed by atoms with van der Waals surface area (Å²) >= 11 is 12.2. The molecule has 9 heteroatoms. The molecular formula is C25H21Cl2N3O4. The van der Waals surface area contributed by atoms with Crippen molar-refractivity contribution in [3.8, 4) is 23.3 Å². The Morgan fingerprint density at radius 3 is 2.53 bits per heavy atom. The van der Waals surface area contributed by atoms with Crippen LogP contribution in [-0.2, 0) is 6.54 Å². The summed E-state index contributed by atoms with van der Waals surface area (Å²) in [6, 6.07) is 14.2. The molecule has 7 nitrogen and oxygen atoms in total. The standard InChI is InChI=1S/C25H21Cl2N3O4/c1-13-8-21-23(25(31)30(13)12-14-4-6-18(26)19(27)9-14)22(17(11-28)24(29)34-21)16-10-15(32-2)5-7-20(16)33-3/h4-10,22H,12,29H2,1-3H3. The lowest BCUT2D eigenvalue weighted by molar-refractivity contribution is 0.380. The quantitative estimate of drug-likeness (QED) is 0.545. The van der Waals surface area contributed by atoms with E-state index in [1.165, 1.54) is 14.2 Å². The molecule has 3 aromatic rings. The van der Waals surface area contributed by atoms with Crippen LogP contribution in [0.1, 0.15) is 28.3 Å². The summed E-state index contributed by atoms with van der Waals surface area (Å²) in [6.45, 7) is 2.04. The molecule has 1 aliphatic rings. The summed E-state index contributed by atoms with van der Waals surface area (Å²) in [6.07, 6.45) is 0. The van der Waals surface area contributed by atoms with E-state index in [1.54, 1.807) is 54.0 Å². The van der Waals surface area contributed by atoms with Gasteiger partial charge in [-0.15, -0.1) is 0 Å². The molecule has 34 heavy (non-hydrogen) atoms. The fraction of sp³-hybridized carbons (Fsp3) is 0.200. The summed E-state index contributed by atoms with van der Waals surface area (Å²) in [5.74, 6) is 0.440. The Morgan fingerprint density at radius 1 is 1.12 bits per heavy atom. The summed E-state index contributed by atoms with van der Waals surface area (Å²) in [7, 11) is 3.05. The molecule has 0 bridgehead atoms. The number of benzene rings is 2. The largest absolute Gasteiger partial charge is 0.497 e. The van der Waals surface area contributed by atoms with Gasteiger partial charge < -0.3 is 24.5 Å². The van der Waals surface area contributed by atoms with Crippen molar-refractivity contribution in [2.45, 2.75) is 19.4 Å². The van der Waals surface area contributed by atoms with Gasteiger partial charge in [-0.1, -0.05) is 29.3 Å². The predicted molar refractivity (Wildman–Crippen MR) is 130 cm³/mol. The first kappa shape index (κ1) is 23.6. The highest BCUT2D eigenvalue weighted by Gasteiger charge is 2.36. The van der Waals surface area contributed by atoms with Crippen LogP contribution in [0.3, 0.4) is 0 Å². The highest BCUT2D eigenvalue weighted by molar-refractivity contribution is 6.42. The number of nitrogens with zero attached hydrogens (tertiary/aromatic N) is 2. The maximum absolute atomic E-state index is 13.9. The SMILES string of the molecule is COc1ccc(OC)c(C2C(C#N)=C(N)Oc3cc(C)n(Cc4ccc(Cl)c(Cl)c4)c(=O)c32)c1. The smallest absolute Gasteiger partial charge is 0.259 e. The molecule has 2 aromatic carbocycles. The molecule has 174 valence electrons. The minimum Gasteiger partial charge on any atom is -0.497 e. The lowest BCUT2D eigenvalue weighted by Gasteiger charge is -2.28. The third kappa shape index (κ3) is 4.07. The molecule has 0 spiro atoms. The van der Waals surface area contributed by atoms with Crippen molar-refractivity contribution in [3.63, 3.8) is 0 Å². The van der Waals surface area contributed by atoms with E-state index in [2.05, 4.69) is 6.07 Å². The van der Waals surface area contributed by atoms with Gasteiger partial charge in [0.1, 0.15) is 28.9 Å². The van der Waals surface area contributed by atoms with Crippen LogP contribution in [-0.4, -0.2) is 18.8 Å². The number of rotatable bonds is 5. The number of aryl methyl sites for hydroxylation is 1. The summed E-state index contributed by atoms with van der Waals surface area (Å²) in [5, 5.41) is 10.8. The molecule has 1 aliphatic heterocycles. The fourth-order valence-electron chi connectivity index (χ4n) is 4.08. The number of hydrogen-bond donors (Lipinski definition) is 1. The van der Waals surface area contributed by atoms with Crippen LogP contribution in [0.2, 0.25) is 10.0 Å². The first-order chi connectivity index (χ1) is 16.3. The van der Waals surface area contributed by atoms with Gasteiger partial charge in [0.2, 0.25) is 5.88 Å². The van der Waals surface area contributed by atoms with E-state index in [4.69, 9.17) is 43.1 Å². The molecule has 0 saturated heterocycles. The monoisotopic (exact) mass is 497 g/mol. The van der Waals surface area contributed by atoms with Gasteiger partial charge in [-0.05, 0) is 42.8 Å². The number of allylic oxidation sites excluding steroid dienone is 1. The molecule has 0 saturated carbocycles. The highest BCUT2D eigenvalue weighted by atomic mass is 35.5. The molecule has 2 heterocycles. The molecule has 1 aromatic heterocycles. The number of nitriles is 1. The highest BCUT2D eigenvalue weighted by Crippen LogP contribution is 2.44. The second-order valence-corrected chi connectivity index (χ2v) is 8.55. The Balaban J connectivity index is 1.96. The van der Waals surface area contributed by atoms with Crippen LogP contribution in [0.4, 0.5) is 0 Å².